The van der Waals surface area contributed by atoms with E-state index >= 15 is 0 Å². The van der Waals surface area contributed by atoms with Crippen LogP contribution >= 0.6 is 11.6 Å². The molecule has 1 heterocycles. The molecule has 4 aromatic rings. The third-order valence-corrected chi connectivity index (χ3v) is 8.26. The first-order valence-electron chi connectivity index (χ1n) is 14.9. The van der Waals surface area contributed by atoms with E-state index in [9.17, 15) is 9.59 Å². The second-order valence-corrected chi connectivity index (χ2v) is 11.7. The highest BCUT2D eigenvalue weighted by atomic mass is 35.5. The highest BCUT2D eigenvalue weighted by Gasteiger charge is 2.37. The summed E-state index contributed by atoms with van der Waals surface area (Å²) < 4.78 is 6.12. The van der Waals surface area contributed by atoms with E-state index in [1.54, 1.807) is 6.07 Å². The van der Waals surface area contributed by atoms with Gasteiger partial charge in [-0.05, 0) is 65.9 Å². The lowest BCUT2D eigenvalue weighted by Gasteiger charge is -2.45. The molecular formula is C35H38ClN5O3. The fraction of sp³-hybridized carbons (Fsp3) is 0.286. The average Bonchev–Trinajstić information content (AvgIpc) is 3.03. The van der Waals surface area contributed by atoms with Gasteiger partial charge in [-0.1, -0.05) is 78.3 Å². The fourth-order valence-electron chi connectivity index (χ4n) is 5.71. The molecule has 4 N–H and O–H groups in total. The quantitative estimate of drug-likeness (QED) is 0.141. The SMILES string of the molecule is C[C@@H]1CN(C(=O)c2ccccc2OCc2ccc(Cl)cc2)C(CCCN=C(N)N)CN1C(=O)Cc1ccc2ccccc2c1. The summed E-state index contributed by atoms with van der Waals surface area (Å²) in [4.78, 5) is 35.7. The predicted molar refractivity (Wildman–Crippen MR) is 176 cm³/mol. The van der Waals surface area contributed by atoms with Crippen molar-refractivity contribution >= 4 is 40.1 Å². The number of guanidine groups is 1. The number of amides is 2. The van der Waals surface area contributed by atoms with Gasteiger partial charge in [-0.2, -0.15) is 0 Å². The van der Waals surface area contributed by atoms with Crippen LogP contribution in [0.1, 0.15) is 41.3 Å². The number of halogens is 1. The molecule has 0 aliphatic carbocycles. The van der Waals surface area contributed by atoms with Crippen molar-refractivity contribution in [3.05, 3.63) is 113 Å². The molecule has 2 atom stereocenters. The zero-order chi connectivity index (χ0) is 31.1. The van der Waals surface area contributed by atoms with Crippen LogP contribution in [0.3, 0.4) is 0 Å². The number of ether oxygens (including phenoxy) is 1. The molecule has 1 fully saturated rings. The second kappa shape index (κ2) is 14.3. The minimum atomic E-state index is -0.210. The Morgan fingerprint density at radius 3 is 2.36 bits per heavy atom. The molecule has 0 radical (unpaired) electrons. The van der Waals surface area contributed by atoms with Crippen molar-refractivity contribution in [2.75, 3.05) is 19.6 Å². The number of hydrogen-bond acceptors (Lipinski definition) is 4. The number of carbonyl (C=O) groups excluding carboxylic acids is 2. The maximum atomic E-state index is 14.1. The number of nitrogens with two attached hydrogens (primary N) is 2. The molecule has 0 spiro atoms. The summed E-state index contributed by atoms with van der Waals surface area (Å²) in [5.41, 5.74) is 13.5. The third-order valence-electron chi connectivity index (χ3n) is 8.01. The molecule has 2 amide bonds. The Labute approximate surface area is 263 Å². The minimum Gasteiger partial charge on any atom is -0.488 e. The van der Waals surface area contributed by atoms with Gasteiger partial charge in [-0.25, -0.2) is 0 Å². The predicted octanol–water partition coefficient (Wildman–Crippen LogP) is 5.41. The summed E-state index contributed by atoms with van der Waals surface area (Å²) in [6, 6.07) is 28.6. The topological polar surface area (TPSA) is 114 Å². The lowest BCUT2D eigenvalue weighted by Crippen LogP contribution is -2.60. The lowest BCUT2D eigenvalue weighted by molar-refractivity contribution is -0.136. The zero-order valence-electron chi connectivity index (χ0n) is 24.9. The van der Waals surface area contributed by atoms with E-state index in [1.165, 1.54) is 0 Å². The molecule has 9 heteroatoms. The van der Waals surface area contributed by atoms with Crippen molar-refractivity contribution in [3.8, 4) is 5.75 Å². The van der Waals surface area contributed by atoms with Crippen molar-refractivity contribution in [2.45, 2.75) is 44.9 Å². The van der Waals surface area contributed by atoms with E-state index in [1.807, 2.05) is 77.4 Å². The molecule has 1 aliphatic heterocycles. The molecule has 1 aliphatic rings. The van der Waals surface area contributed by atoms with Crippen LogP contribution in [0, 0.1) is 0 Å². The van der Waals surface area contributed by atoms with Gasteiger partial charge < -0.3 is 26.0 Å². The number of fused-ring (bicyclic) bond motifs is 1. The van der Waals surface area contributed by atoms with Crippen molar-refractivity contribution in [1.29, 1.82) is 0 Å². The zero-order valence-corrected chi connectivity index (χ0v) is 25.6. The number of benzene rings is 4. The van der Waals surface area contributed by atoms with Crippen LogP contribution in [-0.2, 0) is 17.8 Å². The second-order valence-electron chi connectivity index (χ2n) is 11.2. The van der Waals surface area contributed by atoms with E-state index in [2.05, 4.69) is 29.3 Å². The van der Waals surface area contributed by atoms with Crippen LogP contribution in [0.4, 0.5) is 0 Å². The number of para-hydroxylation sites is 1. The monoisotopic (exact) mass is 611 g/mol. The summed E-state index contributed by atoms with van der Waals surface area (Å²) in [5, 5.41) is 2.90. The number of piperazine rings is 1. The van der Waals surface area contributed by atoms with Crippen molar-refractivity contribution in [3.63, 3.8) is 0 Å². The molecule has 0 aromatic heterocycles. The number of aliphatic imine (C=N–C) groups is 1. The van der Waals surface area contributed by atoms with Crippen LogP contribution < -0.4 is 16.2 Å². The maximum Gasteiger partial charge on any atom is 0.258 e. The smallest absolute Gasteiger partial charge is 0.258 e. The molecule has 0 bridgehead atoms. The Bertz CT molecular complexity index is 1640. The lowest BCUT2D eigenvalue weighted by atomic mass is 9.99. The van der Waals surface area contributed by atoms with Crippen molar-refractivity contribution in [1.82, 2.24) is 9.80 Å². The third kappa shape index (κ3) is 7.68. The molecule has 5 rings (SSSR count). The largest absolute Gasteiger partial charge is 0.488 e. The van der Waals surface area contributed by atoms with Crippen LogP contribution in [0.15, 0.2) is 96.0 Å². The summed E-state index contributed by atoms with van der Waals surface area (Å²) in [5.74, 6) is 0.459. The Balaban J connectivity index is 1.33. The van der Waals surface area contributed by atoms with E-state index in [0.717, 1.165) is 21.9 Å². The molecule has 4 aromatic carbocycles. The summed E-state index contributed by atoms with van der Waals surface area (Å²) in [6.07, 6.45) is 1.61. The van der Waals surface area contributed by atoms with Gasteiger partial charge in [0.2, 0.25) is 5.91 Å². The van der Waals surface area contributed by atoms with E-state index in [-0.39, 0.29) is 29.9 Å². The molecular weight excluding hydrogens is 574 g/mol. The molecule has 44 heavy (non-hydrogen) atoms. The molecule has 1 unspecified atom stereocenters. The van der Waals surface area contributed by atoms with Gasteiger partial charge in [0.15, 0.2) is 5.96 Å². The van der Waals surface area contributed by atoms with E-state index in [4.69, 9.17) is 27.8 Å². The van der Waals surface area contributed by atoms with Crippen LogP contribution in [0.5, 0.6) is 5.75 Å². The van der Waals surface area contributed by atoms with Gasteiger partial charge in [-0.15, -0.1) is 0 Å². The van der Waals surface area contributed by atoms with Crippen molar-refractivity contribution < 1.29 is 14.3 Å². The van der Waals surface area contributed by atoms with Crippen LogP contribution in [0.2, 0.25) is 5.02 Å². The van der Waals surface area contributed by atoms with Crippen molar-refractivity contribution in [2.24, 2.45) is 16.5 Å². The van der Waals surface area contributed by atoms with Gasteiger partial charge in [0.25, 0.3) is 5.91 Å². The van der Waals surface area contributed by atoms with E-state index < -0.39 is 0 Å². The maximum absolute atomic E-state index is 14.1. The average molecular weight is 612 g/mol. The molecule has 1 saturated heterocycles. The Morgan fingerprint density at radius 1 is 0.886 bits per heavy atom. The highest BCUT2D eigenvalue weighted by molar-refractivity contribution is 6.30. The van der Waals surface area contributed by atoms with Gasteiger partial charge in [0.05, 0.1) is 12.0 Å². The van der Waals surface area contributed by atoms with Gasteiger partial charge in [0.1, 0.15) is 12.4 Å². The van der Waals surface area contributed by atoms with Gasteiger partial charge >= 0.3 is 0 Å². The minimum absolute atomic E-state index is 0.0363. The normalized spacial score (nSPS) is 16.5. The van der Waals surface area contributed by atoms with E-state index in [0.29, 0.717) is 61.8 Å². The Hall–Kier alpha value is -4.56. The summed E-state index contributed by atoms with van der Waals surface area (Å²) in [7, 11) is 0. The number of rotatable bonds is 10. The Kier molecular flexibility index (Phi) is 10.0. The summed E-state index contributed by atoms with van der Waals surface area (Å²) in [6.45, 7) is 3.58. The Morgan fingerprint density at radius 2 is 1.59 bits per heavy atom. The first-order chi connectivity index (χ1) is 21.3. The van der Waals surface area contributed by atoms with Crippen LogP contribution in [-0.4, -0.2) is 59.3 Å². The van der Waals surface area contributed by atoms with Gasteiger partial charge in [-0.3, -0.25) is 14.6 Å². The standard InChI is InChI=1S/C35H38ClN5O3/c1-24-21-41(34(43)31-10-4-5-11-32(31)44-23-25-13-16-29(36)17-14-25)30(9-6-18-39-35(37)38)22-40(24)33(42)20-26-12-15-27-7-2-3-8-28(27)19-26/h2-5,7-8,10-17,19,24,30H,6,9,18,20-23H2,1H3,(H4,37,38,39)/t24-,30?/m1/s1. The highest BCUT2D eigenvalue weighted by Crippen LogP contribution is 2.27. The van der Waals surface area contributed by atoms with Crippen LogP contribution in [0.25, 0.3) is 10.8 Å². The number of carbonyl (C=O) groups is 2. The number of nitrogens with zero attached hydrogens (tertiary/aromatic N) is 3. The molecule has 228 valence electrons. The fourth-order valence-corrected chi connectivity index (χ4v) is 5.83. The first-order valence-corrected chi connectivity index (χ1v) is 15.3. The number of hydrogen-bond donors (Lipinski definition) is 2. The molecule has 8 nitrogen and oxygen atoms in total. The first kappa shape index (κ1) is 30.9. The molecule has 0 saturated carbocycles. The van der Waals surface area contributed by atoms with Gasteiger partial charge in [0, 0.05) is 36.7 Å². The summed E-state index contributed by atoms with van der Waals surface area (Å²) >= 11 is 6.02.